The highest BCUT2D eigenvalue weighted by molar-refractivity contribution is 5.73. The molecule has 0 aliphatic heterocycles. The fraction of sp³-hybridized carbons (Fsp3) is 0.700. The quantitative estimate of drug-likeness (QED) is 0.635. The van der Waals surface area contributed by atoms with Gasteiger partial charge in [-0.1, -0.05) is 13.8 Å². The Morgan fingerprint density at radius 3 is 2.75 bits per heavy atom. The third-order valence-corrected chi connectivity index (χ3v) is 2.60. The lowest BCUT2D eigenvalue weighted by Crippen LogP contribution is -2.27. The van der Waals surface area contributed by atoms with Gasteiger partial charge in [0.15, 0.2) is 0 Å². The summed E-state index contributed by atoms with van der Waals surface area (Å²) < 4.78 is 0. The van der Waals surface area contributed by atoms with Crippen molar-refractivity contribution in [1.82, 2.24) is 0 Å². The summed E-state index contributed by atoms with van der Waals surface area (Å²) in [6.07, 6.45) is 3.88. The maximum Gasteiger partial charge on any atom is 0.145 e. The van der Waals surface area contributed by atoms with Crippen LogP contribution in [0.5, 0.6) is 0 Å². The number of carbonyl (C=O) groups is 1. The molecule has 0 saturated heterocycles. The van der Waals surface area contributed by atoms with Crippen molar-refractivity contribution in [2.45, 2.75) is 32.8 Å². The van der Waals surface area contributed by atoms with Crippen molar-refractivity contribution in [1.29, 1.82) is 0 Å². The molecule has 1 aliphatic rings. The van der Waals surface area contributed by atoms with Crippen LogP contribution in [-0.2, 0) is 4.79 Å². The molecule has 0 spiro atoms. The molecule has 1 N–H and O–H groups in total. The first-order valence-electron chi connectivity index (χ1n) is 4.49. The van der Waals surface area contributed by atoms with Gasteiger partial charge in [0.25, 0.3) is 0 Å². The summed E-state index contributed by atoms with van der Waals surface area (Å²) in [4.78, 5) is 10.4. The summed E-state index contributed by atoms with van der Waals surface area (Å²) in [5.41, 5.74) is 0.749. The zero-order valence-electron chi connectivity index (χ0n) is 7.66. The number of carbonyl (C=O) groups excluding carboxylic acids is 1. The van der Waals surface area contributed by atoms with E-state index in [1.165, 1.54) is 0 Å². The summed E-state index contributed by atoms with van der Waals surface area (Å²) in [7, 11) is 0. The van der Waals surface area contributed by atoms with Crippen molar-refractivity contribution >= 4 is 6.29 Å². The molecule has 68 valence electrons. The highest BCUT2D eigenvalue weighted by Crippen LogP contribution is 2.28. The molecule has 0 amide bonds. The Morgan fingerprint density at radius 1 is 1.67 bits per heavy atom. The molecule has 12 heavy (non-hydrogen) atoms. The van der Waals surface area contributed by atoms with Crippen molar-refractivity contribution in [2.24, 2.45) is 11.8 Å². The standard InChI is InChI=1S/C10H16O2/c1-7(2)9-4-3-8(6-11)5-10(9)12/h5-7,9-10,12H,3-4H2,1-2H3/t9-,10-/m1/s1. The van der Waals surface area contributed by atoms with E-state index in [0.717, 1.165) is 24.7 Å². The van der Waals surface area contributed by atoms with Crippen LogP contribution in [-0.4, -0.2) is 17.5 Å². The summed E-state index contributed by atoms with van der Waals surface area (Å²) in [6, 6.07) is 0. The van der Waals surface area contributed by atoms with Gasteiger partial charge >= 0.3 is 0 Å². The van der Waals surface area contributed by atoms with Crippen LogP contribution >= 0.6 is 0 Å². The molecule has 0 aromatic carbocycles. The number of aliphatic hydroxyl groups excluding tert-OH is 1. The molecule has 0 aromatic rings. The average Bonchev–Trinajstić information content (AvgIpc) is 2.03. The molecule has 2 atom stereocenters. The first kappa shape index (κ1) is 9.46. The van der Waals surface area contributed by atoms with Gasteiger partial charge in [0.1, 0.15) is 6.29 Å². The molecule has 1 aliphatic carbocycles. The SMILES string of the molecule is CC(C)[C@H]1CCC(C=O)=C[C@H]1O. The fourth-order valence-electron chi connectivity index (χ4n) is 1.76. The van der Waals surface area contributed by atoms with Crippen molar-refractivity contribution < 1.29 is 9.90 Å². The second-order valence-electron chi connectivity index (χ2n) is 3.80. The van der Waals surface area contributed by atoms with Crippen LogP contribution in [0.4, 0.5) is 0 Å². The van der Waals surface area contributed by atoms with Gasteiger partial charge in [0, 0.05) is 0 Å². The minimum Gasteiger partial charge on any atom is -0.389 e. The van der Waals surface area contributed by atoms with Gasteiger partial charge in [-0.15, -0.1) is 0 Å². The van der Waals surface area contributed by atoms with Crippen LogP contribution in [0.2, 0.25) is 0 Å². The Morgan fingerprint density at radius 2 is 2.33 bits per heavy atom. The van der Waals surface area contributed by atoms with Gasteiger partial charge in [-0.2, -0.15) is 0 Å². The van der Waals surface area contributed by atoms with E-state index in [0.29, 0.717) is 11.8 Å². The molecular formula is C10H16O2. The van der Waals surface area contributed by atoms with Gasteiger partial charge in [-0.3, -0.25) is 4.79 Å². The van der Waals surface area contributed by atoms with E-state index in [4.69, 9.17) is 0 Å². The molecule has 2 nitrogen and oxygen atoms in total. The van der Waals surface area contributed by atoms with E-state index in [1.807, 2.05) is 0 Å². The molecule has 0 fully saturated rings. The van der Waals surface area contributed by atoms with Gasteiger partial charge in [0.2, 0.25) is 0 Å². The molecule has 0 unspecified atom stereocenters. The van der Waals surface area contributed by atoms with E-state index in [2.05, 4.69) is 13.8 Å². The minimum absolute atomic E-state index is 0.327. The summed E-state index contributed by atoms with van der Waals surface area (Å²) >= 11 is 0. The molecule has 0 heterocycles. The van der Waals surface area contributed by atoms with Crippen LogP contribution in [0.15, 0.2) is 11.6 Å². The van der Waals surface area contributed by atoms with Gasteiger partial charge in [0.05, 0.1) is 6.10 Å². The van der Waals surface area contributed by atoms with Crippen molar-refractivity contribution in [3.05, 3.63) is 11.6 Å². The predicted octanol–water partition coefficient (Wildman–Crippen LogP) is 1.54. The van der Waals surface area contributed by atoms with E-state index in [-0.39, 0.29) is 0 Å². The highest BCUT2D eigenvalue weighted by atomic mass is 16.3. The lowest BCUT2D eigenvalue weighted by atomic mass is 9.81. The largest absolute Gasteiger partial charge is 0.389 e. The highest BCUT2D eigenvalue weighted by Gasteiger charge is 2.24. The van der Waals surface area contributed by atoms with Crippen molar-refractivity contribution in [2.75, 3.05) is 0 Å². The average molecular weight is 168 g/mol. The molecule has 0 saturated carbocycles. The van der Waals surface area contributed by atoms with Crippen LogP contribution < -0.4 is 0 Å². The number of aliphatic hydroxyl groups is 1. The number of aldehydes is 1. The lowest BCUT2D eigenvalue weighted by molar-refractivity contribution is -0.105. The van der Waals surface area contributed by atoms with Crippen LogP contribution in [0.1, 0.15) is 26.7 Å². The van der Waals surface area contributed by atoms with Crippen LogP contribution in [0.3, 0.4) is 0 Å². The minimum atomic E-state index is -0.418. The van der Waals surface area contributed by atoms with E-state index < -0.39 is 6.10 Å². The Balaban J connectivity index is 2.66. The van der Waals surface area contributed by atoms with E-state index >= 15 is 0 Å². The first-order chi connectivity index (χ1) is 5.65. The molecule has 2 heteroatoms. The monoisotopic (exact) mass is 168 g/mol. The lowest BCUT2D eigenvalue weighted by Gasteiger charge is -2.28. The molecule has 1 rings (SSSR count). The van der Waals surface area contributed by atoms with Crippen LogP contribution in [0.25, 0.3) is 0 Å². The zero-order chi connectivity index (χ0) is 9.14. The Labute approximate surface area is 73.3 Å². The summed E-state index contributed by atoms with van der Waals surface area (Å²) in [5, 5.41) is 9.61. The normalized spacial score (nSPS) is 30.2. The Kier molecular flexibility index (Phi) is 3.04. The summed E-state index contributed by atoms with van der Waals surface area (Å²) in [5.74, 6) is 0.818. The molecule has 0 radical (unpaired) electrons. The second-order valence-corrected chi connectivity index (χ2v) is 3.80. The first-order valence-corrected chi connectivity index (χ1v) is 4.49. The molecule has 0 aromatic heterocycles. The number of rotatable bonds is 2. The third kappa shape index (κ3) is 1.95. The van der Waals surface area contributed by atoms with Gasteiger partial charge in [-0.25, -0.2) is 0 Å². The van der Waals surface area contributed by atoms with Gasteiger partial charge < -0.3 is 5.11 Å². The Hall–Kier alpha value is -0.630. The van der Waals surface area contributed by atoms with Gasteiger partial charge in [-0.05, 0) is 36.3 Å². The van der Waals surface area contributed by atoms with E-state index in [9.17, 15) is 9.90 Å². The maximum atomic E-state index is 10.4. The second kappa shape index (κ2) is 3.85. The zero-order valence-corrected chi connectivity index (χ0v) is 7.66. The predicted molar refractivity (Wildman–Crippen MR) is 47.7 cm³/mol. The number of allylic oxidation sites excluding steroid dienone is 1. The Bertz CT molecular complexity index is 194. The van der Waals surface area contributed by atoms with Crippen molar-refractivity contribution in [3.63, 3.8) is 0 Å². The van der Waals surface area contributed by atoms with E-state index in [1.54, 1.807) is 6.08 Å². The van der Waals surface area contributed by atoms with Crippen molar-refractivity contribution in [3.8, 4) is 0 Å². The topological polar surface area (TPSA) is 37.3 Å². The third-order valence-electron chi connectivity index (χ3n) is 2.60. The fourth-order valence-corrected chi connectivity index (χ4v) is 1.76. The summed E-state index contributed by atoms with van der Waals surface area (Å²) in [6.45, 7) is 4.21. The molecule has 0 bridgehead atoms. The number of hydrogen-bond donors (Lipinski definition) is 1. The van der Waals surface area contributed by atoms with Crippen LogP contribution in [0, 0.1) is 11.8 Å². The molecular weight excluding hydrogens is 152 g/mol. The maximum absolute atomic E-state index is 10.4. The smallest absolute Gasteiger partial charge is 0.145 e. The number of hydrogen-bond acceptors (Lipinski definition) is 2.